The fourth-order valence-electron chi connectivity index (χ4n) is 3.64. The maximum absolute atomic E-state index is 11.3. The van der Waals surface area contributed by atoms with Gasteiger partial charge in [-0.15, -0.1) is 0 Å². The molecule has 2 unspecified atom stereocenters. The molecule has 1 saturated carbocycles. The molecule has 104 valence electrons. The van der Waals surface area contributed by atoms with Crippen molar-refractivity contribution in [2.24, 2.45) is 11.8 Å². The number of nitrogens with zero attached hydrogens (tertiary/aromatic N) is 1. The van der Waals surface area contributed by atoms with Gasteiger partial charge in [0.25, 0.3) is 0 Å². The highest BCUT2D eigenvalue weighted by Crippen LogP contribution is 2.29. The molecule has 0 radical (unpaired) electrons. The number of nitrogens with one attached hydrogen (secondary N) is 1. The summed E-state index contributed by atoms with van der Waals surface area (Å²) in [7, 11) is 0. The van der Waals surface area contributed by atoms with Crippen LogP contribution in [0.25, 0.3) is 0 Å². The van der Waals surface area contributed by atoms with E-state index in [-0.39, 0.29) is 5.91 Å². The van der Waals surface area contributed by atoms with Gasteiger partial charge >= 0.3 is 0 Å². The lowest BCUT2D eigenvalue weighted by Crippen LogP contribution is -2.51. The van der Waals surface area contributed by atoms with Crippen LogP contribution in [0, 0.1) is 11.8 Å². The summed E-state index contributed by atoms with van der Waals surface area (Å²) < 4.78 is 0. The van der Waals surface area contributed by atoms with Gasteiger partial charge in [-0.05, 0) is 37.5 Å². The van der Waals surface area contributed by atoms with Crippen molar-refractivity contribution in [1.29, 1.82) is 0 Å². The third kappa shape index (κ3) is 3.25. The second kappa shape index (κ2) is 6.05. The van der Waals surface area contributed by atoms with E-state index < -0.39 is 0 Å². The van der Waals surface area contributed by atoms with Crippen molar-refractivity contribution < 1.29 is 4.79 Å². The van der Waals surface area contributed by atoms with Gasteiger partial charge in [-0.2, -0.15) is 0 Å². The van der Waals surface area contributed by atoms with E-state index in [9.17, 15) is 4.79 Å². The summed E-state index contributed by atoms with van der Waals surface area (Å²) in [5, 5.41) is 3.88. The molecule has 2 atom stereocenters. The van der Waals surface area contributed by atoms with E-state index >= 15 is 0 Å². The van der Waals surface area contributed by atoms with Crippen LogP contribution >= 0.6 is 0 Å². The molecule has 3 heteroatoms. The van der Waals surface area contributed by atoms with E-state index in [0.717, 1.165) is 37.8 Å². The first-order valence-corrected chi connectivity index (χ1v) is 7.59. The molecule has 1 N–H and O–H groups in total. The molecule has 0 aromatic carbocycles. The van der Waals surface area contributed by atoms with Crippen LogP contribution in [0.1, 0.15) is 52.9 Å². The number of hydrogen-bond acceptors (Lipinski definition) is 2. The maximum atomic E-state index is 11.3. The second-order valence-electron chi connectivity index (χ2n) is 6.36. The summed E-state index contributed by atoms with van der Waals surface area (Å²) in [5.74, 6) is 1.84. The first kappa shape index (κ1) is 13.9. The third-order valence-corrected chi connectivity index (χ3v) is 4.91. The summed E-state index contributed by atoms with van der Waals surface area (Å²) in [6, 6.07) is 1.31. The molecule has 1 aliphatic heterocycles. The fourth-order valence-corrected chi connectivity index (χ4v) is 3.64. The van der Waals surface area contributed by atoms with Gasteiger partial charge in [-0.1, -0.05) is 20.3 Å². The quantitative estimate of drug-likeness (QED) is 0.818. The summed E-state index contributed by atoms with van der Waals surface area (Å²) in [6.45, 7) is 8.32. The van der Waals surface area contributed by atoms with Crippen molar-refractivity contribution in [3.63, 3.8) is 0 Å². The molecule has 1 aliphatic carbocycles. The van der Waals surface area contributed by atoms with E-state index in [2.05, 4.69) is 19.2 Å². The zero-order valence-corrected chi connectivity index (χ0v) is 12.1. The summed E-state index contributed by atoms with van der Waals surface area (Å²) in [5.41, 5.74) is 0. The first-order valence-electron chi connectivity index (χ1n) is 7.59. The maximum Gasteiger partial charge on any atom is 0.219 e. The van der Waals surface area contributed by atoms with E-state index in [4.69, 9.17) is 0 Å². The average Bonchev–Trinajstić information content (AvgIpc) is 2.34. The van der Waals surface area contributed by atoms with Crippen molar-refractivity contribution in [3.05, 3.63) is 0 Å². The van der Waals surface area contributed by atoms with Crippen LogP contribution in [0.3, 0.4) is 0 Å². The molecule has 2 aliphatic rings. The molecule has 2 rings (SSSR count). The van der Waals surface area contributed by atoms with Crippen molar-refractivity contribution in [3.8, 4) is 0 Å². The van der Waals surface area contributed by atoms with E-state index in [1.54, 1.807) is 6.92 Å². The van der Waals surface area contributed by atoms with E-state index in [1.165, 1.54) is 19.3 Å². The number of piperidine rings is 1. The van der Waals surface area contributed by atoms with Crippen LogP contribution in [-0.4, -0.2) is 36.0 Å². The molecular formula is C15H28N2O. The molecule has 0 aromatic heterocycles. The highest BCUT2D eigenvalue weighted by molar-refractivity contribution is 5.73. The van der Waals surface area contributed by atoms with Crippen LogP contribution in [0.2, 0.25) is 0 Å². The lowest BCUT2D eigenvalue weighted by atomic mass is 9.78. The normalized spacial score (nSPS) is 34.6. The monoisotopic (exact) mass is 252 g/mol. The Morgan fingerprint density at radius 2 is 1.61 bits per heavy atom. The molecule has 3 nitrogen and oxygen atoms in total. The minimum atomic E-state index is 0.229. The Balaban J connectivity index is 1.81. The predicted octanol–water partition coefficient (Wildman–Crippen LogP) is 2.41. The topological polar surface area (TPSA) is 32.3 Å². The highest BCUT2D eigenvalue weighted by atomic mass is 16.2. The number of carbonyl (C=O) groups excluding carboxylic acids is 1. The molecular weight excluding hydrogens is 224 g/mol. The Morgan fingerprint density at radius 3 is 2.11 bits per heavy atom. The van der Waals surface area contributed by atoms with Crippen LogP contribution in [-0.2, 0) is 4.79 Å². The Labute approximate surface area is 111 Å². The standard InChI is InChI=1S/C15H28N2O/c1-11-5-4-6-12(2)15(11)16-14-7-9-17(10-8-14)13(3)18/h11-12,14-16H,4-10H2,1-3H3. The summed E-state index contributed by atoms with van der Waals surface area (Å²) in [6.07, 6.45) is 6.37. The molecule has 1 amide bonds. The lowest BCUT2D eigenvalue weighted by molar-refractivity contribution is -0.129. The van der Waals surface area contributed by atoms with Crippen LogP contribution < -0.4 is 5.32 Å². The Kier molecular flexibility index (Phi) is 4.66. The minimum absolute atomic E-state index is 0.229. The Bertz CT molecular complexity index is 274. The largest absolute Gasteiger partial charge is 0.343 e. The van der Waals surface area contributed by atoms with Gasteiger partial charge in [0.1, 0.15) is 0 Å². The van der Waals surface area contributed by atoms with E-state index in [1.807, 2.05) is 4.90 Å². The lowest BCUT2D eigenvalue weighted by Gasteiger charge is -2.40. The van der Waals surface area contributed by atoms with Crippen LogP contribution in [0.4, 0.5) is 0 Å². The predicted molar refractivity (Wildman–Crippen MR) is 74.4 cm³/mol. The Hall–Kier alpha value is -0.570. The number of amides is 1. The van der Waals surface area contributed by atoms with Gasteiger partial charge < -0.3 is 10.2 Å². The van der Waals surface area contributed by atoms with Gasteiger partial charge in [0, 0.05) is 32.1 Å². The van der Waals surface area contributed by atoms with Crippen LogP contribution in [0.5, 0.6) is 0 Å². The number of hydrogen-bond donors (Lipinski definition) is 1. The first-order chi connectivity index (χ1) is 8.58. The minimum Gasteiger partial charge on any atom is -0.343 e. The fraction of sp³-hybridized carbons (Fsp3) is 0.933. The van der Waals surface area contributed by atoms with Crippen LogP contribution in [0.15, 0.2) is 0 Å². The second-order valence-corrected chi connectivity index (χ2v) is 6.36. The van der Waals surface area contributed by atoms with E-state index in [0.29, 0.717) is 12.1 Å². The highest BCUT2D eigenvalue weighted by Gasteiger charge is 2.30. The molecule has 18 heavy (non-hydrogen) atoms. The third-order valence-electron chi connectivity index (χ3n) is 4.91. The van der Waals surface area contributed by atoms with Gasteiger partial charge in [0.15, 0.2) is 0 Å². The van der Waals surface area contributed by atoms with Gasteiger partial charge in [-0.3, -0.25) is 4.79 Å². The van der Waals surface area contributed by atoms with Crippen molar-refractivity contribution in [2.45, 2.75) is 65.0 Å². The summed E-state index contributed by atoms with van der Waals surface area (Å²) in [4.78, 5) is 13.3. The Morgan fingerprint density at radius 1 is 1.06 bits per heavy atom. The molecule has 0 aromatic rings. The van der Waals surface area contributed by atoms with Crippen molar-refractivity contribution in [2.75, 3.05) is 13.1 Å². The molecule has 2 fully saturated rings. The SMILES string of the molecule is CC(=O)N1CCC(NC2C(C)CCCC2C)CC1. The average molecular weight is 252 g/mol. The van der Waals surface area contributed by atoms with Gasteiger partial charge in [0.05, 0.1) is 0 Å². The van der Waals surface area contributed by atoms with Crippen molar-refractivity contribution in [1.82, 2.24) is 10.2 Å². The zero-order valence-electron chi connectivity index (χ0n) is 12.1. The number of rotatable bonds is 2. The molecule has 1 heterocycles. The van der Waals surface area contributed by atoms with Gasteiger partial charge in [0.2, 0.25) is 5.91 Å². The summed E-state index contributed by atoms with van der Waals surface area (Å²) >= 11 is 0. The number of carbonyl (C=O) groups is 1. The van der Waals surface area contributed by atoms with Gasteiger partial charge in [-0.25, -0.2) is 0 Å². The number of likely N-dealkylation sites (tertiary alicyclic amines) is 1. The molecule has 0 bridgehead atoms. The molecule has 0 spiro atoms. The smallest absolute Gasteiger partial charge is 0.219 e. The van der Waals surface area contributed by atoms with Crippen molar-refractivity contribution >= 4 is 5.91 Å². The molecule has 1 saturated heterocycles. The zero-order chi connectivity index (χ0) is 13.1.